The van der Waals surface area contributed by atoms with Crippen LogP contribution in [0.25, 0.3) is 0 Å². The van der Waals surface area contributed by atoms with Gasteiger partial charge in [-0.25, -0.2) is 0 Å². The Morgan fingerprint density at radius 2 is 2.50 bits per heavy atom. The lowest BCUT2D eigenvalue weighted by Crippen LogP contribution is -1.97. The summed E-state index contributed by atoms with van der Waals surface area (Å²) < 4.78 is 6.28. The summed E-state index contributed by atoms with van der Waals surface area (Å²) in [6, 6.07) is 2.65. The molecule has 2 heterocycles. The van der Waals surface area contributed by atoms with E-state index in [0.29, 0.717) is 6.01 Å². The standard InChI is InChI=1S/C9H9BrN2OS/c1-6-4-13-9(12-6)11-3-8-2-7(10)5-14-8/h2,4-5H,3H2,1H3,(H,11,12). The number of hydrogen-bond acceptors (Lipinski definition) is 4. The van der Waals surface area contributed by atoms with Gasteiger partial charge in [-0.2, -0.15) is 4.98 Å². The monoisotopic (exact) mass is 272 g/mol. The Morgan fingerprint density at radius 1 is 1.64 bits per heavy atom. The zero-order valence-corrected chi connectivity index (χ0v) is 9.98. The van der Waals surface area contributed by atoms with Crippen molar-refractivity contribution in [2.24, 2.45) is 0 Å². The molecule has 0 aliphatic carbocycles. The average Bonchev–Trinajstić information content (AvgIpc) is 2.72. The molecule has 0 fully saturated rings. The van der Waals surface area contributed by atoms with E-state index < -0.39 is 0 Å². The van der Waals surface area contributed by atoms with Crippen LogP contribution in [0.1, 0.15) is 10.6 Å². The van der Waals surface area contributed by atoms with E-state index >= 15 is 0 Å². The van der Waals surface area contributed by atoms with Crippen LogP contribution in [0.4, 0.5) is 6.01 Å². The molecule has 0 aliphatic rings. The molecule has 1 N–H and O–H groups in total. The fourth-order valence-corrected chi connectivity index (χ4v) is 2.44. The van der Waals surface area contributed by atoms with Gasteiger partial charge in [0.2, 0.25) is 0 Å². The number of aryl methyl sites for hydroxylation is 1. The van der Waals surface area contributed by atoms with Crippen molar-refractivity contribution in [1.29, 1.82) is 0 Å². The molecule has 0 spiro atoms. The molecule has 0 aliphatic heterocycles. The smallest absolute Gasteiger partial charge is 0.295 e. The van der Waals surface area contributed by atoms with E-state index in [1.807, 2.05) is 6.92 Å². The number of oxazole rings is 1. The van der Waals surface area contributed by atoms with Crippen LogP contribution in [0.3, 0.4) is 0 Å². The summed E-state index contributed by atoms with van der Waals surface area (Å²) in [6.45, 7) is 2.65. The Hall–Kier alpha value is -0.810. The van der Waals surface area contributed by atoms with Crippen LogP contribution in [-0.4, -0.2) is 4.98 Å². The molecule has 0 unspecified atom stereocenters. The fraction of sp³-hybridized carbons (Fsp3) is 0.222. The highest BCUT2D eigenvalue weighted by atomic mass is 79.9. The molecule has 0 radical (unpaired) electrons. The van der Waals surface area contributed by atoms with Gasteiger partial charge >= 0.3 is 0 Å². The summed E-state index contributed by atoms with van der Waals surface area (Å²) in [5, 5.41) is 5.16. The van der Waals surface area contributed by atoms with Crippen molar-refractivity contribution < 1.29 is 4.42 Å². The second kappa shape index (κ2) is 4.14. The molecular weight excluding hydrogens is 264 g/mol. The Kier molecular flexibility index (Phi) is 2.88. The van der Waals surface area contributed by atoms with Gasteiger partial charge in [-0.3, -0.25) is 0 Å². The highest BCUT2D eigenvalue weighted by Gasteiger charge is 2.01. The highest BCUT2D eigenvalue weighted by molar-refractivity contribution is 9.10. The zero-order chi connectivity index (χ0) is 9.97. The first-order valence-electron chi connectivity index (χ1n) is 4.13. The van der Waals surface area contributed by atoms with E-state index in [2.05, 4.69) is 37.7 Å². The molecule has 3 nitrogen and oxygen atoms in total. The minimum Gasteiger partial charge on any atom is -0.432 e. The van der Waals surface area contributed by atoms with Crippen LogP contribution in [0, 0.1) is 6.92 Å². The SMILES string of the molecule is Cc1coc(NCc2cc(Br)cs2)n1. The highest BCUT2D eigenvalue weighted by Crippen LogP contribution is 2.20. The molecule has 0 saturated heterocycles. The predicted molar refractivity (Wildman–Crippen MR) is 60.6 cm³/mol. The van der Waals surface area contributed by atoms with Gasteiger partial charge in [0.05, 0.1) is 12.2 Å². The van der Waals surface area contributed by atoms with Crippen molar-refractivity contribution in [2.45, 2.75) is 13.5 Å². The van der Waals surface area contributed by atoms with Crippen LogP contribution >= 0.6 is 27.3 Å². The van der Waals surface area contributed by atoms with Crippen molar-refractivity contribution in [3.63, 3.8) is 0 Å². The van der Waals surface area contributed by atoms with Crippen LogP contribution < -0.4 is 5.32 Å². The van der Waals surface area contributed by atoms with E-state index in [4.69, 9.17) is 4.42 Å². The first-order chi connectivity index (χ1) is 6.74. The third kappa shape index (κ3) is 2.36. The fourth-order valence-electron chi connectivity index (χ4n) is 1.04. The Labute approximate surface area is 94.3 Å². The van der Waals surface area contributed by atoms with Gasteiger partial charge in [-0.15, -0.1) is 11.3 Å². The van der Waals surface area contributed by atoms with Crippen molar-refractivity contribution in [3.05, 3.63) is 32.8 Å². The second-order valence-corrected chi connectivity index (χ2v) is 4.79. The van der Waals surface area contributed by atoms with Gasteiger partial charge in [-0.05, 0) is 28.9 Å². The number of hydrogen-bond donors (Lipinski definition) is 1. The van der Waals surface area contributed by atoms with Gasteiger partial charge in [0.15, 0.2) is 0 Å². The predicted octanol–water partition coefficient (Wildman–Crippen LogP) is 3.42. The first-order valence-corrected chi connectivity index (χ1v) is 5.80. The van der Waals surface area contributed by atoms with Crippen molar-refractivity contribution in [3.8, 4) is 0 Å². The summed E-state index contributed by atoms with van der Waals surface area (Å²) in [4.78, 5) is 5.39. The van der Waals surface area contributed by atoms with E-state index in [1.165, 1.54) is 4.88 Å². The molecule has 0 amide bonds. The largest absolute Gasteiger partial charge is 0.432 e. The number of aromatic nitrogens is 1. The first kappa shape index (κ1) is 9.73. The normalized spacial score (nSPS) is 10.4. The third-order valence-electron chi connectivity index (χ3n) is 1.65. The van der Waals surface area contributed by atoms with Crippen molar-refractivity contribution in [2.75, 3.05) is 5.32 Å². The molecule has 2 aromatic heterocycles. The molecule has 0 atom stereocenters. The summed E-state index contributed by atoms with van der Waals surface area (Å²) >= 11 is 5.10. The maximum absolute atomic E-state index is 5.16. The van der Waals surface area contributed by atoms with E-state index in [0.717, 1.165) is 16.7 Å². The maximum Gasteiger partial charge on any atom is 0.295 e. The lowest BCUT2D eigenvalue weighted by molar-refractivity contribution is 0.570. The van der Waals surface area contributed by atoms with Crippen LogP contribution in [0.5, 0.6) is 0 Å². The van der Waals surface area contributed by atoms with Crippen LogP contribution in [0.2, 0.25) is 0 Å². The van der Waals surface area contributed by atoms with Gasteiger partial charge in [0.1, 0.15) is 6.26 Å². The molecule has 5 heteroatoms. The summed E-state index contributed by atoms with van der Waals surface area (Å²) in [7, 11) is 0. The Morgan fingerprint density at radius 3 is 3.07 bits per heavy atom. The number of nitrogens with zero attached hydrogens (tertiary/aromatic N) is 1. The Bertz CT molecular complexity index is 384. The molecule has 2 aromatic rings. The summed E-state index contributed by atoms with van der Waals surface area (Å²) in [6.07, 6.45) is 1.63. The molecule has 0 aromatic carbocycles. The van der Waals surface area contributed by atoms with Gasteiger partial charge in [0.25, 0.3) is 6.01 Å². The van der Waals surface area contributed by atoms with Crippen LogP contribution in [0.15, 0.2) is 26.6 Å². The maximum atomic E-state index is 5.16. The number of nitrogens with one attached hydrogen (secondary N) is 1. The minimum absolute atomic E-state index is 0.576. The van der Waals surface area contributed by atoms with Crippen molar-refractivity contribution in [1.82, 2.24) is 4.98 Å². The number of anilines is 1. The third-order valence-corrected chi connectivity index (χ3v) is 3.35. The topological polar surface area (TPSA) is 38.1 Å². The van der Waals surface area contributed by atoms with Gasteiger partial charge in [-0.1, -0.05) is 0 Å². The molecule has 14 heavy (non-hydrogen) atoms. The zero-order valence-electron chi connectivity index (χ0n) is 7.58. The van der Waals surface area contributed by atoms with Crippen molar-refractivity contribution >= 4 is 33.3 Å². The van der Waals surface area contributed by atoms with E-state index in [-0.39, 0.29) is 0 Å². The number of rotatable bonds is 3. The average molecular weight is 273 g/mol. The van der Waals surface area contributed by atoms with Gasteiger partial charge in [0, 0.05) is 14.7 Å². The molecule has 2 rings (SSSR count). The summed E-state index contributed by atoms with van der Waals surface area (Å²) in [5.74, 6) is 0. The molecular formula is C9H9BrN2OS. The quantitative estimate of drug-likeness (QED) is 0.931. The molecule has 74 valence electrons. The molecule has 0 bridgehead atoms. The lowest BCUT2D eigenvalue weighted by atomic mass is 10.5. The van der Waals surface area contributed by atoms with E-state index in [1.54, 1.807) is 17.6 Å². The van der Waals surface area contributed by atoms with Gasteiger partial charge < -0.3 is 9.73 Å². The van der Waals surface area contributed by atoms with E-state index in [9.17, 15) is 0 Å². The summed E-state index contributed by atoms with van der Waals surface area (Å²) in [5.41, 5.74) is 0.889. The Balaban J connectivity index is 1.94. The second-order valence-electron chi connectivity index (χ2n) is 2.88. The number of thiophene rings is 1. The molecule has 0 saturated carbocycles. The van der Waals surface area contributed by atoms with Crippen LogP contribution in [-0.2, 0) is 6.54 Å². The number of halogens is 1. The lowest BCUT2D eigenvalue weighted by Gasteiger charge is -1.97. The minimum atomic E-state index is 0.576.